The fourth-order valence-corrected chi connectivity index (χ4v) is 3.10. The number of primary amides is 1. The molecule has 0 bridgehead atoms. The van der Waals surface area contributed by atoms with Crippen LogP contribution in [0, 0.1) is 5.82 Å². The van der Waals surface area contributed by atoms with Crippen molar-refractivity contribution in [2.24, 2.45) is 5.73 Å². The predicted molar refractivity (Wildman–Crippen MR) is 100 cm³/mol. The number of benzene rings is 1. The van der Waals surface area contributed by atoms with E-state index in [1.165, 1.54) is 43.3 Å². The number of rotatable bonds is 6. The quantitative estimate of drug-likeness (QED) is 0.614. The first kappa shape index (κ1) is 19.3. The topological polar surface area (TPSA) is 112 Å². The smallest absolute Gasteiger partial charge is 0.375 e. The van der Waals surface area contributed by atoms with E-state index in [-0.39, 0.29) is 22.1 Å². The van der Waals surface area contributed by atoms with Crippen LogP contribution < -0.4 is 11.1 Å². The summed E-state index contributed by atoms with van der Waals surface area (Å²) in [4.78, 5) is 35.7. The molecule has 0 saturated carbocycles. The van der Waals surface area contributed by atoms with Gasteiger partial charge in [0.2, 0.25) is 5.76 Å². The van der Waals surface area contributed by atoms with Gasteiger partial charge in [-0.05, 0) is 54.8 Å². The molecule has 2 heterocycles. The zero-order valence-electron chi connectivity index (χ0n) is 14.6. The fraction of sp³-hybridized carbons (Fsp3) is 0.105. The summed E-state index contributed by atoms with van der Waals surface area (Å²) in [5.41, 5.74) is 5.98. The molecule has 0 fully saturated rings. The number of ether oxygens (including phenoxy) is 1. The first-order valence-corrected chi connectivity index (χ1v) is 8.98. The van der Waals surface area contributed by atoms with Gasteiger partial charge in [-0.15, -0.1) is 11.3 Å². The molecule has 2 amide bonds. The average Bonchev–Trinajstić information content (AvgIpc) is 3.31. The van der Waals surface area contributed by atoms with Crippen LogP contribution in [0.25, 0.3) is 11.3 Å². The van der Waals surface area contributed by atoms with Gasteiger partial charge in [-0.25, -0.2) is 9.18 Å². The number of anilines is 1. The highest BCUT2D eigenvalue weighted by Crippen LogP contribution is 2.24. The SMILES string of the molecule is C[C@H](OC(=O)c1ccc(-c2ccc(F)cc2)o1)C(=O)Nc1sccc1C(N)=O. The van der Waals surface area contributed by atoms with Crippen molar-refractivity contribution in [1.29, 1.82) is 0 Å². The predicted octanol–water partition coefficient (Wildman–Crippen LogP) is 3.43. The van der Waals surface area contributed by atoms with Crippen molar-refractivity contribution in [1.82, 2.24) is 0 Å². The summed E-state index contributed by atoms with van der Waals surface area (Å²) in [7, 11) is 0. The van der Waals surface area contributed by atoms with Gasteiger partial charge in [0.1, 0.15) is 16.6 Å². The number of carbonyl (C=O) groups is 3. The van der Waals surface area contributed by atoms with Crippen molar-refractivity contribution in [2.45, 2.75) is 13.0 Å². The fourth-order valence-electron chi connectivity index (χ4n) is 2.30. The molecule has 1 atom stereocenters. The van der Waals surface area contributed by atoms with E-state index in [1.54, 1.807) is 11.4 Å². The lowest BCUT2D eigenvalue weighted by Crippen LogP contribution is -2.30. The van der Waals surface area contributed by atoms with Crippen molar-refractivity contribution in [2.75, 3.05) is 5.32 Å². The first-order chi connectivity index (χ1) is 13.3. The number of hydrogen-bond acceptors (Lipinski definition) is 6. The van der Waals surface area contributed by atoms with Crippen LogP contribution in [0.2, 0.25) is 0 Å². The Morgan fingerprint density at radius 3 is 2.54 bits per heavy atom. The van der Waals surface area contributed by atoms with Crippen LogP contribution in [0.5, 0.6) is 0 Å². The highest BCUT2D eigenvalue weighted by Gasteiger charge is 2.23. The summed E-state index contributed by atoms with van der Waals surface area (Å²) >= 11 is 1.12. The minimum absolute atomic E-state index is 0.104. The minimum Gasteiger partial charge on any atom is -0.449 e. The number of amides is 2. The van der Waals surface area contributed by atoms with Gasteiger partial charge in [-0.2, -0.15) is 0 Å². The van der Waals surface area contributed by atoms with Crippen LogP contribution in [-0.4, -0.2) is 23.9 Å². The van der Waals surface area contributed by atoms with E-state index in [4.69, 9.17) is 14.9 Å². The Hall–Kier alpha value is -3.46. The molecule has 0 aliphatic carbocycles. The summed E-state index contributed by atoms with van der Waals surface area (Å²) in [5.74, 6) is -2.27. The standard InChI is InChI=1S/C19H15FN2O5S/c1-10(17(24)22-18-13(16(21)23)8-9-28-18)26-19(25)15-7-6-14(27-15)11-2-4-12(20)5-3-11/h2-10H,1H3,(H2,21,23)(H,22,24)/t10-/m0/s1. The molecule has 0 radical (unpaired) electrons. The van der Waals surface area contributed by atoms with Crippen LogP contribution in [-0.2, 0) is 9.53 Å². The Bertz CT molecular complexity index is 1030. The van der Waals surface area contributed by atoms with E-state index >= 15 is 0 Å². The molecule has 28 heavy (non-hydrogen) atoms. The van der Waals surface area contributed by atoms with Gasteiger partial charge in [0.15, 0.2) is 6.10 Å². The average molecular weight is 402 g/mol. The summed E-state index contributed by atoms with van der Waals surface area (Å²) in [6.45, 7) is 1.38. The Balaban J connectivity index is 1.64. The van der Waals surface area contributed by atoms with E-state index < -0.39 is 23.9 Å². The third-order valence-corrected chi connectivity index (χ3v) is 4.59. The van der Waals surface area contributed by atoms with Gasteiger partial charge in [0.25, 0.3) is 11.8 Å². The lowest BCUT2D eigenvalue weighted by atomic mass is 10.2. The van der Waals surface area contributed by atoms with Crippen LogP contribution in [0.1, 0.15) is 27.8 Å². The molecule has 3 rings (SSSR count). The third kappa shape index (κ3) is 4.26. The Labute approximate surface area is 162 Å². The maximum Gasteiger partial charge on any atom is 0.375 e. The number of hydrogen-bond donors (Lipinski definition) is 2. The molecule has 2 aromatic heterocycles. The number of thiophene rings is 1. The first-order valence-electron chi connectivity index (χ1n) is 8.10. The zero-order chi connectivity index (χ0) is 20.3. The number of furan rings is 1. The second-order valence-corrected chi connectivity index (χ2v) is 6.65. The van der Waals surface area contributed by atoms with Crippen LogP contribution in [0.3, 0.4) is 0 Å². The van der Waals surface area contributed by atoms with Crippen molar-refractivity contribution >= 4 is 34.1 Å². The summed E-state index contributed by atoms with van der Waals surface area (Å²) in [6.07, 6.45) is -1.14. The number of halogens is 1. The third-order valence-electron chi connectivity index (χ3n) is 3.76. The number of nitrogens with two attached hydrogens (primary N) is 1. The Morgan fingerprint density at radius 1 is 1.14 bits per heavy atom. The van der Waals surface area contributed by atoms with Crippen LogP contribution in [0.15, 0.2) is 52.3 Å². The highest BCUT2D eigenvalue weighted by atomic mass is 32.1. The molecule has 3 N–H and O–H groups in total. The normalized spacial score (nSPS) is 11.6. The summed E-state index contributed by atoms with van der Waals surface area (Å²) in [5, 5.41) is 4.38. The van der Waals surface area contributed by atoms with Crippen LogP contribution in [0.4, 0.5) is 9.39 Å². The van der Waals surface area contributed by atoms with Gasteiger partial charge in [-0.3, -0.25) is 9.59 Å². The van der Waals surface area contributed by atoms with Crippen molar-refractivity contribution in [3.8, 4) is 11.3 Å². The maximum atomic E-state index is 13.0. The van der Waals surface area contributed by atoms with Gasteiger partial charge < -0.3 is 20.2 Å². The second-order valence-electron chi connectivity index (χ2n) is 5.74. The van der Waals surface area contributed by atoms with E-state index in [2.05, 4.69) is 5.32 Å². The molecular formula is C19H15FN2O5S. The Kier molecular flexibility index (Phi) is 5.55. The van der Waals surface area contributed by atoms with E-state index in [0.717, 1.165) is 11.3 Å². The molecule has 0 spiro atoms. The number of esters is 1. The Morgan fingerprint density at radius 2 is 1.86 bits per heavy atom. The molecule has 1 aromatic carbocycles. The molecule has 0 aliphatic rings. The largest absolute Gasteiger partial charge is 0.449 e. The molecule has 144 valence electrons. The lowest BCUT2D eigenvalue weighted by Gasteiger charge is -2.12. The van der Waals surface area contributed by atoms with Gasteiger partial charge >= 0.3 is 5.97 Å². The van der Waals surface area contributed by atoms with Crippen molar-refractivity contribution < 1.29 is 27.9 Å². The molecule has 3 aromatic rings. The maximum absolute atomic E-state index is 13.0. The number of nitrogens with one attached hydrogen (secondary N) is 1. The van der Waals surface area contributed by atoms with E-state index in [1.807, 2.05) is 0 Å². The molecule has 9 heteroatoms. The highest BCUT2D eigenvalue weighted by molar-refractivity contribution is 7.14. The van der Waals surface area contributed by atoms with Crippen LogP contribution >= 0.6 is 11.3 Å². The minimum atomic E-state index is -1.14. The van der Waals surface area contributed by atoms with Gasteiger partial charge in [0, 0.05) is 5.56 Å². The van der Waals surface area contributed by atoms with E-state index in [9.17, 15) is 18.8 Å². The van der Waals surface area contributed by atoms with E-state index in [0.29, 0.717) is 11.3 Å². The van der Waals surface area contributed by atoms with Crippen molar-refractivity contribution in [3.63, 3.8) is 0 Å². The molecule has 7 nitrogen and oxygen atoms in total. The monoisotopic (exact) mass is 402 g/mol. The molecule has 0 saturated heterocycles. The van der Waals surface area contributed by atoms with Gasteiger partial charge in [-0.1, -0.05) is 0 Å². The molecule has 0 unspecified atom stereocenters. The van der Waals surface area contributed by atoms with Crippen molar-refractivity contribution in [3.05, 3.63) is 65.0 Å². The summed E-state index contributed by atoms with van der Waals surface area (Å²) < 4.78 is 23.5. The summed E-state index contributed by atoms with van der Waals surface area (Å²) in [6, 6.07) is 9.99. The molecular weight excluding hydrogens is 387 g/mol. The molecule has 0 aliphatic heterocycles. The number of carbonyl (C=O) groups excluding carboxylic acids is 3. The second kappa shape index (κ2) is 8.05. The lowest BCUT2D eigenvalue weighted by molar-refractivity contribution is -0.123. The van der Waals surface area contributed by atoms with Gasteiger partial charge in [0.05, 0.1) is 5.56 Å². The zero-order valence-corrected chi connectivity index (χ0v) is 15.4.